The van der Waals surface area contributed by atoms with Crippen molar-refractivity contribution in [2.45, 2.75) is 47.0 Å². The van der Waals surface area contributed by atoms with E-state index in [9.17, 15) is 14.4 Å². The summed E-state index contributed by atoms with van der Waals surface area (Å²) in [7, 11) is 0. The molecular weight excluding hydrogens is 398 g/mol. The summed E-state index contributed by atoms with van der Waals surface area (Å²) < 4.78 is 0.894. The zero-order valence-corrected chi connectivity index (χ0v) is 17.5. The molecule has 0 fully saturated rings. The lowest BCUT2D eigenvalue weighted by atomic mass is 9.96. The van der Waals surface area contributed by atoms with Crippen LogP contribution in [0.4, 0.5) is 5.69 Å². The third kappa shape index (κ3) is 8.47. The van der Waals surface area contributed by atoms with Gasteiger partial charge in [0.1, 0.15) is 0 Å². The van der Waals surface area contributed by atoms with Crippen LogP contribution in [0.3, 0.4) is 0 Å². The first-order valence-corrected chi connectivity index (χ1v) is 9.50. The Bertz CT molecular complexity index is 654. The van der Waals surface area contributed by atoms with Crippen LogP contribution in [0.5, 0.6) is 0 Å². The molecule has 0 saturated heterocycles. The molecule has 0 aromatic heterocycles. The van der Waals surface area contributed by atoms with E-state index in [2.05, 4.69) is 31.9 Å². The summed E-state index contributed by atoms with van der Waals surface area (Å²) in [5, 5.41) is 8.36. The number of nitrogens with one attached hydrogen (secondary N) is 3. The number of halogens is 1. The molecule has 26 heavy (non-hydrogen) atoms. The first-order valence-electron chi connectivity index (χ1n) is 8.70. The van der Waals surface area contributed by atoms with Crippen molar-refractivity contribution in [3.8, 4) is 0 Å². The van der Waals surface area contributed by atoms with Crippen LogP contribution in [0.2, 0.25) is 0 Å². The molecule has 3 N–H and O–H groups in total. The van der Waals surface area contributed by atoms with Crippen LogP contribution >= 0.6 is 15.9 Å². The van der Waals surface area contributed by atoms with Crippen LogP contribution < -0.4 is 16.0 Å². The van der Waals surface area contributed by atoms with E-state index in [0.717, 1.165) is 15.7 Å². The van der Waals surface area contributed by atoms with E-state index in [1.165, 1.54) is 0 Å². The van der Waals surface area contributed by atoms with Crippen LogP contribution in [0.25, 0.3) is 0 Å². The van der Waals surface area contributed by atoms with Crippen LogP contribution in [0.1, 0.15) is 45.6 Å². The van der Waals surface area contributed by atoms with E-state index in [1.807, 2.05) is 45.9 Å². The molecule has 1 aromatic rings. The Morgan fingerprint density at radius 3 is 2.35 bits per heavy atom. The Hall–Kier alpha value is -1.89. The van der Waals surface area contributed by atoms with Gasteiger partial charge < -0.3 is 16.0 Å². The predicted octanol–water partition coefficient (Wildman–Crippen LogP) is 3.14. The van der Waals surface area contributed by atoms with Gasteiger partial charge >= 0.3 is 0 Å². The van der Waals surface area contributed by atoms with Gasteiger partial charge in [-0.05, 0) is 31.0 Å². The molecule has 7 heteroatoms. The standard InChI is InChI=1S/C19H28BrN3O3/c1-13-7-8-14(20)12-15(13)23-17(25)9-11-21-16(24)6-5-10-22-18(26)19(2,3)4/h7-8,12H,5-6,9-11H2,1-4H3,(H,21,24)(H,22,26)(H,23,25). The average Bonchev–Trinajstić information content (AvgIpc) is 2.54. The maximum absolute atomic E-state index is 12.0. The number of amides is 3. The lowest BCUT2D eigenvalue weighted by Crippen LogP contribution is -2.36. The third-order valence-corrected chi connectivity index (χ3v) is 4.19. The molecule has 0 saturated carbocycles. The number of aryl methyl sites for hydroxylation is 1. The minimum atomic E-state index is -0.428. The van der Waals surface area contributed by atoms with E-state index in [4.69, 9.17) is 0 Å². The van der Waals surface area contributed by atoms with E-state index in [-0.39, 0.29) is 30.7 Å². The highest BCUT2D eigenvalue weighted by atomic mass is 79.9. The summed E-state index contributed by atoms with van der Waals surface area (Å²) in [6.45, 7) is 8.20. The molecule has 0 bridgehead atoms. The largest absolute Gasteiger partial charge is 0.356 e. The Labute approximate surface area is 163 Å². The van der Waals surface area contributed by atoms with Crippen molar-refractivity contribution in [2.24, 2.45) is 5.41 Å². The van der Waals surface area contributed by atoms with Gasteiger partial charge in [-0.1, -0.05) is 42.8 Å². The summed E-state index contributed by atoms with van der Waals surface area (Å²) in [5.74, 6) is -0.303. The summed E-state index contributed by atoms with van der Waals surface area (Å²) in [6, 6.07) is 5.67. The average molecular weight is 426 g/mol. The number of hydrogen-bond donors (Lipinski definition) is 3. The van der Waals surface area contributed by atoms with Crippen LogP contribution in [-0.4, -0.2) is 30.8 Å². The van der Waals surface area contributed by atoms with E-state index < -0.39 is 5.41 Å². The molecule has 0 aliphatic heterocycles. The molecule has 1 aromatic carbocycles. The zero-order chi connectivity index (χ0) is 19.7. The number of anilines is 1. The third-order valence-electron chi connectivity index (χ3n) is 3.70. The maximum Gasteiger partial charge on any atom is 0.226 e. The van der Waals surface area contributed by atoms with Crippen molar-refractivity contribution in [3.05, 3.63) is 28.2 Å². The van der Waals surface area contributed by atoms with E-state index in [1.54, 1.807) is 0 Å². The number of hydrogen-bond acceptors (Lipinski definition) is 3. The van der Waals surface area contributed by atoms with Gasteiger partial charge in [0.25, 0.3) is 0 Å². The molecule has 0 atom stereocenters. The van der Waals surface area contributed by atoms with Gasteiger partial charge in [0.15, 0.2) is 0 Å². The van der Waals surface area contributed by atoms with E-state index in [0.29, 0.717) is 19.4 Å². The molecule has 6 nitrogen and oxygen atoms in total. The van der Waals surface area contributed by atoms with Gasteiger partial charge in [-0.25, -0.2) is 0 Å². The molecule has 0 aliphatic carbocycles. The van der Waals surface area contributed by atoms with Gasteiger partial charge in [-0.2, -0.15) is 0 Å². The fourth-order valence-electron chi connectivity index (χ4n) is 2.06. The van der Waals surface area contributed by atoms with Crippen LogP contribution in [-0.2, 0) is 14.4 Å². The van der Waals surface area contributed by atoms with Gasteiger partial charge in [0.2, 0.25) is 17.7 Å². The molecular formula is C19H28BrN3O3. The Morgan fingerprint density at radius 1 is 1.00 bits per heavy atom. The molecule has 1 rings (SSSR count). The number of rotatable bonds is 8. The van der Waals surface area contributed by atoms with Crippen molar-refractivity contribution in [1.29, 1.82) is 0 Å². The van der Waals surface area contributed by atoms with Crippen molar-refractivity contribution in [3.63, 3.8) is 0 Å². The molecule has 0 unspecified atom stereocenters. The van der Waals surface area contributed by atoms with Gasteiger partial charge in [-0.3, -0.25) is 14.4 Å². The van der Waals surface area contributed by atoms with Crippen molar-refractivity contribution in [1.82, 2.24) is 10.6 Å². The van der Waals surface area contributed by atoms with Crippen molar-refractivity contribution in [2.75, 3.05) is 18.4 Å². The molecule has 0 radical (unpaired) electrons. The highest BCUT2D eigenvalue weighted by Crippen LogP contribution is 2.20. The quantitative estimate of drug-likeness (QED) is 0.558. The fraction of sp³-hybridized carbons (Fsp3) is 0.526. The van der Waals surface area contributed by atoms with Crippen LogP contribution in [0.15, 0.2) is 22.7 Å². The van der Waals surface area contributed by atoms with Gasteiger partial charge in [0, 0.05) is 41.5 Å². The van der Waals surface area contributed by atoms with Gasteiger partial charge in [0.05, 0.1) is 0 Å². The topological polar surface area (TPSA) is 87.3 Å². The normalized spacial score (nSPS) is 11.0. The zero-order valence-electron chi connectivity index (χ0n) is 15.9. The SMILES string of the molecule is Cc1ccc(Br)cc1NC(=O)CCNC(=O)CCCNC(=O)C(C)(C)C. The number of benzene rings is 1. The minimum absolute atomic E-state index is 0.0302. The molecule has 144 valence electrons. The Morgan fingerprint density at radius 2 is 1.69 bits per heavy atom. The summed E-state index contributed by atoms with van der Waals surface area (Å²) in [6.07, 6.45) is 1.09. The summed E-state index contributed by atoms with van der Waals surface area (Å²) >= 11 is 3.37. The lowest BCUT2D eigenvalue weighted by Gasteiger charge is -2.17. The highest BCUT2D eigenvalue weighted by molar-refractivity contribution is 9.10. The first kappa shape index (κ1) is 22.2. The van der Waals surface area contributed by atoms with Crippen molar-refractivity contribution >= 4 is 39.3 Å². The lowest BCUT2D eigenvalue weighted by molar-refractivity contribution is -0.128. The maximum atomic E-state index is 12.0. The van der Waals surface area contributed by atoms with Gasteiger partial charge in [-0.15, -0.1) is 0 Å². The molecule has 0 aliphatic rings. The summed E-state index contributed by atoms with van der Waals surface area (Å²) in [5.41, 5.74) is 1.30. The molecule has 3 amide bonds. The summed E-state index contributed by atoms with van der Waals surface area (Å²) in [4.78, 5) is 35.4. The van der Waals surface area contributed by atoms with Crippen LogP contribution in [0, 0.1) is 12.3 Å². The molecule has 0 spiro atoms. The van der Waals surface area contributed by atoms with E-state index >= 15 is 0 Å². The first-order chi connectivity index (χ1) is 12.1. The minimum Gasteiger partial charge on any atom is -0.356 e. The smallest absolute Gasteiger partial charge is 0.226 e. The Balaban J connectivity index is 2.20. The van der Waals surface area contributed by atoms with Crippen molar-refractivity contribution < 1.29 is 14.4 Å². The second kappa shape index (κ2) is 10.3. The predicted molar refractivity (Wildman–Crippen MR) is 107 cm³/mol. The number of carbonyl (C=O) groups is 3. The fourth-order valence-corrected chi connectivity index (χ4v) is 2.42. The second-order valence-electron chi connectivity index (χ2n) is 7.22. The molecule has 0 heterocycles. The Kier molecular flexibility index (Phi) is 8.78. The monoisotopic (exact) mass is 425 g/mol. The highest BCUT2D eigenvalue weighted by Gasteiger charge is 2.20. The number of carbonyl (C=O) groups excluding carboxylic acids is 3. The second-order valence-corrected chi connectivity index (χ2v) is 8.13.